The van der Waals surface area contributed by atoms with Crippen LogP contribution in [0.1, 0.15) is 40.7 Å². The van der Waals surface area contributed by atoms with Crippen LogP contribution >= 0.6 is 0 Å². The van der Waals surface area contributed by atoms with E-state index in [0.717, 1.165) is 46.5 Å². The van der Waals surface area contributed by atoms with Crippen molar-refractivity contribution >= 4 is 6.09 Å². The van der Waals surface area contributed by atoms with E-state index in [2.05, 4.69) is 5.32 Å². The lowest BCUT2D eigenvalue weighted by molar-refractivity contribution is -0.137. The number of carbonyl (C=O) groups excluding carboxylic acids is 1. The monoisotopic (exact) mass is 471 g/mol. The molecule has 0 saturated heterocycles. The Morgan fingerprint density at radius 3 is 2.03 bits per heavy atom. The van der Waals surface area contributed by atoms with Crippen LogP contribution in [0.15, 0.2) is 72.8 Å². The fourth-order valence-electron chi connectivity index (χ4n) is 4.22. The van der Waals surface area contributed by atoms with Crippen LogP contribution in [-0.4, -0.2) is 35.6 Å². The Morgan fingerprint density at radius 2 is 1.47 bits per heavy atom. The molecule has 2 atom stereocenters. The van der Waals surface area contributed by atoms with Crippen LogP contribution in [0.5, 0.6) is 0 Å². The number of carbonyl (C=O) groups is 1. The second-order valence-corrected chi connectivity index (χ2v) is 8.17. The van der Waals surface area contributed by atoms with E-state index in [1.54, 1.807) is 0 Å². The zero-order chi connectivity index (χ0) is 24.3. The van der Waals surface area contributed by atoms with E-state index in [1.165, 1.54) is 0 Å². The van der Waals surface area contributed by atoms with Crippen LogP contribution in [0.3, 0.4) is 0 Å². The summed E-state index contributed by atoms with van der Waals surface area (Å²) >= 11 is 0. The van der Waals surface area contributed by atoms with Gasteiger partial charge in [-0.25, -0.2) is 4.79 Å². The average molecular weight is 471 g/mol. The Labute approximate surface area is 194 Å². The molecule has 8 heteroatoms. The summed E-state index contributed by atoms with van der Waals surface area (Å²) in [5.41, 5.74) is 3.73. The molecule has 1 aliphatic rings. The topological polar surface area (TPSA) is 78.8 Å². The van der Waals surface area contributed by atoms with Crippen LogP contribution in [0.25, 0.3) is 11.1 Å². The summed E-state index contributed by atoms with van der Waals surface area (Å²) < 4.78 is 43.4. The van der Waals surface area contributed by atoms with Crippen LogP contribution in [0.2, 0.25) is 0 Å². The highest BCUT2D eigenvalue weighted by Gasteiger charge is 2.31. The van der Waals surface area contributed by atoms with Gasteiger partial charge in [0.1, 0.15) is 12.7 Å². The minimum absolute atomic E-state index is 0.00756. The molecule has 3 aromatic rings. The highest BCUT2D eigenvalue weighted by molar-refractivity contribution is 5.79. The molecule has 0 spiro atoms. The van der Waals surface area contributed by atoms with Gasteiger partial charge in [-0.3, -0.25) is 0 Å². The number of fused-ring (bicyclic) bond motifs is 3. The molecule has 1 aliphatic carbocycles. The molecule has 0 aromatic heterocycles. The zero-order valence-electron chi connectivity index (χ0n) is 18.1. The third kappa shape index (κ3) is 5.08. The first-order chi connectivity index (χ1) is 16.3. The van der Waals surface area contributed by atoms with Crippen molar-refractivity contribution in [3.05, 3.63) is 95.1 Å². The first kappa shape index (κ1) is 23.8. The Kier molecular flexibility index (Phi) is 6.90. The van der Waals surface area contributed by atoms with E-state index in [1.807, 2.05) is 48.5 Å². The summed E-state index contributed by atoms with van der Waals surface area (Å²) in [6, 6.07) is 19.9. The summed E-state index contributed by atoms with van der Waals surface area (Å²) in [5, 5.41) is 22.9. The average Bonchev–Trinajstić information content (AvgIpc) is 3.15. The largest absolute Gasteiger partial charge is 0.449 e. The highest BCUT2D eigenvalue weighted by atomic mass is 19.4. The summed E-state index contributed by atoms with van der Waals surface area (Å²) in [6.07, 6.45) is -7.79. The van der Waals surface area contributed by atoms with Crippen molar-refractivity contribution in [3.8, 4) is 11.1 Å². The molecule has 3 aromatic carbocycles. The van der Waals surface area contributed by atoms with Gasteiger partial charge in [-0.05, 0) is 46.4 Å². The third-order valence-electron chi connectivity index (χ3n) is 6.00. The van der Waals surface area contributed by atoms with Crippen LogP contribution < -0.4 is 5.32 Å². The Balaban J connectivity index is 1.26. The number of hydrogen-bond acceptors (Lipinski definition) is 4. The van der Waals surface area contributed by atoms with Crippen molar-refractivity contribution < 1.29 is 32.9 Å². The first-order valence-corrected chi connectivity index (χ1v) is 10.9. The van der Waals surface area contributed by atoms with Crippen molar-refractivity contribution in [2.45, 2.75) is 30.7 Å². The summed E-state index contributed by atoms with van der Waals surface area (Å²) in [5.74, 6) is -0.0785. The second-order valence-electron chi connectivity index (χ2n) is 8.17. The van der Waals surface area contributed by atoms with Gasteiger partial charge in [0, 0.05) is 12.5 Å². The van der Waals surface area contributed by atoms with Crippen molar-refractivity contribution in [1.29, 1.82) is 0 Å². The molecule has 0 radical (unpaired) electrons. The molecule has 0 fully saturated rings. The second kappa shape index (κ2) is 9.87. The number of aliphatic hydroxyl groups is 2. The Morgan fingerprint density at radius 1 is 0.912 bits per heavy atom. The van der Waals surface area contributed by atoms with Gasteiger partial charge in [0.05, 0.1) is 11.7 Å². The fraction of sp³-hybridized carbons (Fsp3) is 0.269. The summed E-state index contributed by atoms with van der Waals surface area (Å²) in [4.78, 5) is 12.2. The molecule has 0 bridgehead atoms. The van der Waals surface area contributed by atoms with Crippen LogP contribution in [-0.2, 0) is 10.9 Å². The van der Waals surface area contributed by atoms with E-state index in [4.69, 9.17) is 4.74 Å². The molecule has 4 rings (SSSR count). The van der Waals surface area contributed by atoms with Gasteiger partial charge in [0.15, 0.2) is 0 Å². The number of amides is 1. The van der Waals surface area contributed by atoms with Gasteiger partial charge in [0.25, 0.3) is 0 Å². The molecule has 34 heavy (non-hydrogen) atoms. The van der Waals surface area contributed by atoms with Crippen molar-refractivity contribution in [2.75, 3.05) is 13.2 Å². The molecule has 5 nitrogen and oxygen atoms in total. The van der Waals surface area contributed by atoms with Gasteiger partial charge < -0.3 is 20.3 Å². The SMILES string of the molecule is O=C(NCCC(O)C(O)c1ccc(C(F)(F)F)cc1)OCC1c2ccccc2-c2ccccc21. The normalized spacial score (nSPS) is 14.7. The number of aliphatic hydroxyl groups excluding tert-OH is 2. The first-order valence-electron chi connectivity index (χ1n) is 10.9. The minimum atomic E-state index is -4.48. The number of benzene rings is 3. The standard InChI is InChI=1S/C26H24F3NO4/c27-26(28,29)17-11-9-16(10-12-17)24(32)23(31)13-14-30-25(33)34-15-22-20-7-3-1-5-18(20)19-6-2-4-8-21(19)22/h1-12,22-24,31-32H,13-15H2,(H,30,33). The fourth-order valence-corrected chi connectivity index (χ4v) is 4.22. The molecule has 2 unspecified atom stereocenters. The van der Waals surface area contributed by atoms with Crippen molar-refractivity contribution in [2.24, 2.45) is 0 Å². The minimum Gasteiger partial charge on any atom is -0.449 e. The third-order valence-corrected chi connectivity index (χ3v) is 6.00. The Hall–Kier alpha value is -3.36. The van der Waals surface area contributed by atoms with Gasteiger partial charge in [-0.2, -0.15) is 13.2 Å². The molecule has 3 N–H and O–H groups in total. The Bertz CT molecular complexity index is 1100. The number of hydrogen-bond donors (Lipinski definition) is 3. The van der Waals surface area contributed by atoms with Crippen LogP contribution in [0.4, 0.5) is 18.0 Å². The molecule has 0 heterocycles. The molecule has 0 aliphatic heterocycles. The molecular weight excluding hydrogens is 447 g/mol. The number of halogens is 3. The quantitative estimate of drug-likeness (QED) is 0.452. The number of alkyl carbamates (subject to hydrolysis) is 1. The molecule has 178 valence electrons. The predicted octanol–water partition coefficient (Wildman–Crippen LogP) is 5.03. The van der Waals surface area contributed by atoms with E-state index in [-0.39, 0.29) is 31.1 Å². The predicted molar refractivity (Wildman–Crippen MR) is 120 cm³/mol. The van der Waals surface area contributed by atoms with E-state index in [9.17, 15) is 28.2 Å². The van der Waals surface area contributed by atoms with Crippen molar-refractivity contribution in [1.82, 2.24) is 5.32 Å². The molecule has 1 amide bonds. The van der Waals surface area contributed by atoms with E-state index < -0.39 is 30.0 Å². The highest BCUT2D eigenvalue weighted by Crippen LogP contribution is 2.44. The van der Waals surface area contributed by atoms with Gasteiger partial charge >= 0.3 is 12.3 Å². The smallest absolute Gasteiger partial charge is 0.416 e. The van der Waals surface area contributed by atoms with E-state index in [0.29, 0.717) is 0 Å². The van der Waals surface area contributed by atoms with E-state index >= 15 is 0 Å². The molecular formula is C26H24F3NO4. The van der Waals surface area contributed by atoms with Gasteiger partial charge in [-0.1, -0.05) is 60.7 Å². The lowest BCUT2D eigenvalue weighted by atomic mass is 9.98. The lowest BCUT2D eigenvalue weighted by Crippen LogP contribution is -2.30. The zero-order valence-corrected chi connectivity index (χ0v) is 18.1. The summed E-state index contributed by atoms with van der Waals surface area (Å²) in [7, 11) is 0. The lowest BCUT2D eigenvalue weighted by Gasteiger charge is -2.19. The van der Waals surface area contributed by atoms with Gasteiger partial charge in [-0.15, -0.1) is 0 Å². The number of ether oxygens (including phenoxy) is 1. The maximum Gasteiger partial charge on any atom is 0.416 e. The van der Waals surface area contributed by atoms with Gasteiger partial charge in [0.2, 0.25) is 0 Å². The van der Waals surface area contributed by atoms with Crippen LogP contribution in [0, 0.1) is 0 Å². The maximum absolute atomic E-state index is 12.7. The number of alkyl halides is 3. The molecule has 0 saturated carbocycles. The van der Waals surface area contributed by atoms with Crippen molar-refractivity contribution in [3.63, 3.8) is 0 Å². The number of rotatable bonds is 7. The number of nitrogens with one attached hydrogen (secondary N) is 1. The summed E-state index contributed by atoms with van der Waals surface area (Å²) in [6.45, 7) is 0.173. The maximum atomic E-state index is 12.7.